The van der Waals surface area contributed by atoms with Crippen LogP contribution in [0.4, 0.5) is 10.5 Å². The lowest BCUT2D eigenvalue weighted by molar-refractivity contribution is -0.122. The van der Waals surface area contributed by atoms with Crippen LogP contribution in [0.5, 0.6) is 23.0 Å². The number of halogens is 1. The van der Waals surface area contributed by atoms with E-state index in [9.17, 15) is 14.4 Å². The smallest absolute Gasteiger partial charge is 0.335 e. The molecule has 1 fully saturated rings. The third-order valence-electron chi connectivity index (χ3n) is 5.69. The van der Waals surface area contributed by atoms with Gasteiger partial charge in [-0.1, -0.05) is 41.4 Å². The first kappa shape index (κ1) is 27.5. The maximum atomic E-state index is 13.2. The Morgan fingerprint density at radius 3 is 2.28 bits per heavy atom. The summed E-state index contributed by atoms with van der Waals surface area (Å²) in [7, 11) is 1.56. The number of imide groups is 2. The molecule has 4 rings (SSSR count). The van der Waals surface area contributed by atoms with E-state index in [-0.39, 0.29) is 23.8 Å². The van der Waals surface area contributed by atoms with Crippen LogP contribution in [-0.2, 0) is 9.59 Å². The van der Waals surface area contributed by atoms with E-state index in [4.69, 9.17) is 30.5 Å². The van der Waals surface area contributed by atoms with Crippen molar-refractivity contribution in [2.45, 2.75) is 13.8 Å². The van der Waals surface area contributed by atoms with Gasteiger partial charge in [-0.05, 0) is 61.9 Å². The number of carbonyl (C=O) groups excluding carboxylic acids is 3. The van der Waals surface area contributed by atoms with Gasteiger partial charge in [0.1, 0.15) is 18.8 Å². The van der Waals surface area contributed by atoms with Crippen molar-refractivity contribution in [1.29, 1.82) is 0 Å². The van der Waals surface area contributed by atoms with Crippen LogP contribution in [0.2, 0.25) is 5.02 Å². The fourth-order valence-corrected chi connectivity index (χ4v) is 4.13. The Kier molecular flexibility index (Phi) is 8.73. The van der Waals surface area contributed by atoms with Crippen LogP contribution in [0.25, 0.3) is 6.08 Å². The quantitative estimate of drug-likeness (QED) is 0.211. The van der Waals surface area contributed by atoms with Gasteiger partial charge in [0.05, 0.1) is 24.4 Å². The monoisotopic (exact) mass is 550 g/mol. The van der Waals surface area contributed by atoms with E-state index in [1.54, 1.807) is 62.6 Å². The molecule has 0 aliphatic carbocycles. The second-order valence-electron chi connectivity index (χ2n) is 8.40. The van der Waals surface area contributed by atoms with E-state index < -0.39 is 17.8 Å². The zero-order chi connectivity index (χ0) is 27.9. The Hall–Kier alpha value is -4.50. The zero-order valence-corrected chi connectivity index (χ0v) is 22.4. The molecule has 39 heavy (non-hydrogen) atoms. The van der Waals surface area contributed by atoms with Crippen LogP contribution >= 0.6 is 11.6 Å². The average Bonchev–Trinajstić information content (AvgIpc) is 2.91. The van der Waals surface area contributed by atoms with Crippen LogP contribution in [0.15, 0.2) is 66.2 Å². The highest BCUT2D eigenvalue weighted by Crippen LogP contribution is 2.38. The maximum Gasteiger partial charge on any atom is 0.335 e. The minimum absolute atomic E-state index is 0.160. The molecule has 4 amide bonds. The molecule has 0 unspecified atom stereocenters. The molecule has 10 heteroatoms. The second kappa shape index (κ2) is 12.4. The van der Waals surface area contributed by atoms with Crippen molar-refractivity contribution in [2.75, 3.05) is 31.8 Å². The van der Waals surface area contributed by atoms with Gasteiger partial charge in [0, 0.05) is 0 Å². The number of rotatable bonds is 10. The van der Waals surface area contributed by atoms with Crippen molar-refractivity contribution in [2.24, 2.45) is 0 Å². The molecule has 0 atom stereocenters. The van der Waals surface area contributed by atoms with Gasteiger partial charge in [-0.15, -0.1) is 0 Å². The standard InChI is InChI=1S/C29H27ClN2O7/c1-4-37-25-17-19(16-22(30)26(25)39-14-13-38-24-8-6-5-7-23(24)36-3)15-21-27(33)31-29(35)32(28(21)34)20-11-9-18(2)10-12-20/h5-12,15-17H,4,13-14H2,1-3H3,(H,31,33,35)/b21-15+. The molecule has 3 aromatic rings. The number of carbonyl (C=O) groups is 3. The highest BCUT2D eigenvalue weighted by molar-refractivity contribution is 6.39. The van der Waals surface area contributed by atoms with Gasteiger partial charge < -0.3 is 18.9 Å². The first-order chi connectivity index (χ1) is 18.8. The third-order valence-corrected chi connectivity index (χ3v) is 5.97. The summed E-state index contributed by atoms with van der Waals surface area (Å²) >= 11 is 6.52. The number of benzene rings is 3. The van der Waals surface area contributed by atoms with E-state index in [2.05, 4.69) is 5.32 Å². The van der Waals surface area contributed by atoms with E-state index >= 15 is 0 Å². The van der Waals surface area contributed by atoms with Crippen molar-refractivity contribution >= 4 is 41.2 Å². The topological polar surface area (TPSA) is 103 Å². The Morgan fingerprint density at radius 2 is 1.59 bits per heavy atom. The number of hydrogen-bond donors (Lipinski definition) is 1. The molecule has 0 saturated carbocycles. The lowest BCUT2D eigenvalue weighted by atomic mass is 10.1. The van der Waals surface area contributed by atoms with Crippen molar-refractivity contribution < 1.29 is 33.3 Å². The molecule has 1 aliphatic heterocycles. The van der Waals surface area contributed by atoms with Crippen LogP contribution in [0.1, 0.15) is 18.1 Å². The van der Waals surface area contributed by atoms with Gasteiger partial charge in [-0.25, -0.2) is 9.69 Å². The van der Waals surface area contributed by atoms with Gasteiger partial charge >= 0.3 is 6.03 Å². The Bertz CT molecular complexity index is 1420. The fourth-order valence-electron chi connectivity index (χ4n) is 3.86. The molecule has 0 spiro atoms. The molecule has 202 valence electrons. The van der Waals surface area contributed by atoms with Gasteiger partial charge in [0.2, 0.25) is 0 Å². The predicted octanol–water partition coefficient (Wildman–Crippen LogP) is 5.18. The average molecular weight is 551 g/mol. The number of nitrogens with one attached hydrogen (secondary N) is 1. The van der Waals surface area contributed by atoms with Gasteiger partial charge in [-0.2, -0.15) is 0 Å². The van der Waals surface area contributed by atoms with Crippen LogP contribution in [-0.4, -0.2) is 44.8 Å². The van der Waals surface area contributed by atoms with Crippen molar-refractivity contribution in [3.63, 3.8) is 0 Å². The first-order valence-corrected chi connectivity index (χ1v) is 12.5. The summed E-state index contributed by atoms with van der Waals surface area (Å²) in [4.78, 5) is 39.2. The van der Waals surface area contributed by atoms with Crippen molar-refractivity contribution in [3.05, 3.63) is 82.4 Å². The number of nitrogens with zero attached hydrogens (tertiary/aromatic N) is 1. The number of methoxy groups -OCH3 is 1. The molecule has 1 aliphatic rings. The van der Waals surface area contributed by atoms with Crippen molar-refractivity contribution in [3.8, 4) is 23.0 Å². The number of urea groups is 1. The summed E-state index contributed by atoms with van der Waals surface area (Å²) in [6, 6.07) is 16.4. The first-order valence-electron chi connectivity index (χ1n) is 12.2. The highest BCUT2D eigenvalue weighted by Gasteiger charge is 2.36. The number of anilines is 1. The molecule has 1 saturated heterocycles. The molecular formula is C29H27ClN2O7. The van der Waals surface area contributed by atoms with Crippen LogP contribution < -0.4 is 29.2 Å². The maximum absolute atomic E-state index is 13.2. The molecular weight excluding hydrogens is 524 g/mol. The Morgan fingerprint density at radius 1 is 0.897 bits per heavy atom. The number of aryl methyl sites for hydroxylation is 1. The van der Waals surface area contributed by atoms with Crippen LogP contribution in [0.3, 0.4) is 0 Å². The molecule has 3 aromatic carbocycles. The summed E-state index contributed by atoms with van der Waals surface area (Å²) < 4.78 is 22.6. The number of ether oxygens (including phenoxy) is 4. The van der Waals surface area contributed by atoms with Gasteiger partial charge in [0.15, 0.2) is 23.0 Å². The minimum atomic E-state index is -0.821. The molecule has 1 N–H and O–H groups in total. The zero-order valence-electron chi connectivity index (χ0n) is 21.7. The lowest BCUT2D eigenvalue weighted by Crippen LogP contribution is -2.54. The minimum Gasteiger partial charge on any atom is -0.493 e. The SMILES string of the molecule is CCOc1cc(/C=C2\C(=O)NC(=O)N(c3ccc(C)cc3)C2=O)cc(Cl)c1OCCOc1ccccc1OC. The molecule has 0 radical (unpaired) electrons. The van der Waals surface area contributed by atoms with E-state index in [1.807, 2.05) is 19.1 Å². The fraction of sp³-hybridized carbons (Fsp3) is 0.207. The molecule has 1 heterocycles. The van der Waals surface area contributed by atoms with E-state index in [0.29, 0.717) is 40.9 Å². The molecule has 0 aromatic heterocycles. The summed E-state index contributed by atoms with van der Waals surface area (Å²) in [6.07, 6.45) is 1.36. The normalized spacial score (nSPS) is 14.3. The van der Waals surface area contributed by atoms with Crippen molar-refractivity contribution in [1.82, 2.24) is 5.32 Å². The lowest BCUT2D eigenvalue weighted by Gasteiger charge is -2.26. The Balaban J connectivity index is 1.54. The van der Waals surface area contributed by atoms with Gasteiger partial charge in [0.25, 0.3) is 11.8 Å². The number of barbiturate groups is 1. The van der Waals surface area contributed by atoms with E-state index in [0.717, 1.165) is 10.5 Å². The summed E-state index contributed by atoms with van der Waals surface area (Å²) in [6.45, 7) is 4.38. The highest BCUT2D eigenvalue weighted by atomic mass is 35.5. The number of amides is 4. The van der Waals surface area contributed by atoms with Gasteiger partial charge in [-0.3, -0.25) is 14.9 Å². The second-order valence-corrected chi connectivity index (χ2v) is 8.81. The predicted molar refractivity (Wildman–Crippen MR) is 147 cm³/mol. The molecule has 9 nitrogen and oxygen atoms in total. The third kappa shape index (κ3) is 6.32. The number of hydrogen-bond acceptors (Lipinski definition) is 7. The molecule has 0 bridgehead atoms. The number of para-hydroxylation sites is 2. The largest absolute Gasteiger partial charge is 0.493 e. The summed E-state index contributed by atoms with van der Waals surface area (Å²) in [5, 5.41) is 2.42. The Labute approximate surface area is 230 Å². The summed E-state index contributed by atoms with van der Waals surface area (Å²) in [5.41, 5.74) is 1.49. The summed E-state index contributed by atoms with van der Waals surface area (Å²) in [5.74, 6) is 0.235. The van der Waals surface area contributed by atoms with E-state index in [1.165, 1.54) is 6.08 Å². The van der Waals surface area contributed by atoms with Crippen LogP contribution in [0, 0.1) is 6.92 Å².